The van der Waals surface area contributed by atoms with Gasteiger partial charge in [-0.25, -0.2) is 4.98 Å². The number of carbonyl (C=O) groups is 2. The second-order valence-corrected chi connectivity index (χ2v) is 7.74. The van der Waals surface area contributed by atoms with Gasteiger partial charge in [0.15, 0.2) is 0 Å². The molecular weight excluding hydrogens is 380 g/mol. The number of pyridine rings is 1. The van der Waals surface area contributed by atoms with Crippen molar-refractivity contribution in [1.29, 1.82) is 0 Å². The molecule has 160 valence electrons. The number of nitrogens with zero attached hydrogens (tertiary/aromatic N) is 3. The molecule has 1 unspecified atom stereocenters. The Morgan fingerprint density at radius 1 is 1.17 bits per heavy atom. The van der Waals surface area contributed by atoms with Crippen molar-refractivity contribution in [2.24, 2.45) is 0 Å². The van der Waals surface area contributed by atoms with Gasteiger partial charge < -0.3 is 15.0 Å². The summed E-state index contributed by atoms with van der Waals surface area (Å²) in [6.07, 6.45) is 2.31. The highest BCUT2D eigenvalue weighted by atomic mass is 16.5. The molecule has 0 bridgehead atoms. The maximum atomic E-state index is 12.9. The summed E-state index contributed by atoms with van der Waals surface area (Å²) in [7, 11) is 5.02. The predicted octanol–water partition coefficient (Wildman–Crippen LogP) is 2.67. The number of hydrogen-bond acceptors (Lipinski definition) is 5. The van der Waals surface area contributed by atoms with Gasteiger partial charge in [-0.3, -0.25) is 14.5 Å². The van der Waals surface area contributed by atoms with Crippen molar-refractivity contribution in [2.45, 2.75) is 25.8 Å². The fraction of sp³-hybridized carbons (Fsp3) is 0.435. The highest BCUT2D eigenvalue weighted by Gasteiger charge is 2.26. The van der Waals surface area contributed by atoms with Crippen LogP contribution in [0.25, 0.3) is 0 Å². The van der Waals surface area contributed by atoms with E-state index in [1.54, 1.807) is 40.3 Å². The summed E-state index contributed by atoms with van der Waals surface area (Å²) in [5, 5.41) is 3.07. The topological polar surface area (TPSA) is 74.8 Å². The SMILES string of the molecule is COc1ccccc1C(CNC(=O)c1ccc(C(=O)N(C)C)nc1C)N1CCCC1. The van der Waals surface area contributed by atoms with Crippen LogP contribution >= 0.6 is 0 Å². The van der Waals surface area contributed by atoms with E-state index in [2.05, 4.69) is 21.3 Å². The standard InChI is InChI=1S/C23H30N4O3/c1-16-17(11-12-19(25-16)23(29)26(2)3)22(28)24-15-20(27-13-7-8-14-27)18-9-5-6-10-21(18)30-4/h5-6,9-12,20H,7-8,13-15H2,1-4H3,(H,24,28). The number of hydrogen-bond donors (Lipinski definition) is 1. The summed E-state index contributed by atoms with van der Waals surface area (Å²) >= 11 is 0. The highest BCUT2D eigenvalue weighted by Crippen LogP contribution is 2.31. The van der Waals surface area contributed by atoms with Gasteiger partial charge >= 0.3 is 0 Å². The molecule has 1 saturated heterocycles. The van der Waals surface area contributed by atoms with E-state index in [1.807, 2.05) is 18.2 Å². The van der Waals surface area contributed by atoms with E-state index >= 15 is 0 Å². The normalized spacial score (nSPS) is 14.9. The molecule has 1 N–H and O–H groups in total. The van der Waals surface area contributed by atoms with Crippen LogP contribution in [0, 0.1) is 6.92 Å². The lowest BCUT2D eigenvalue weighted by Crippen LogP contribution is -2.37. The second-order valence-electron chi connectivity index (χ2n) is 7.74. The average Bonchev–Trinajstić information content (AvgIpc) is 3.28. The van der Waals surface area contributed by atoms with E-state index in [0.717, 1.165) is 37.2 Å². The van der Waals surface area contributed by atoms with Crippen LogP contribution in [0.5, 0.6) is 5.75 Å². The largest absolute Gasteiger partial charge is 0.496 e. The van der Waals surface area contributed by atoms with Crippen molar-refractivity contribution in [3.05, 3.63) is 58.9 Å². The summed E-state index contributed by atoms with van der Waals surface area (Å²) < 4.78 is 5.57. The fourth-order valence-corrected chi connectivity index (χ4v) is 3.86. The molecule has 1 fully saturated rings. The van der Waals surface area contributed by atoms with Crippen LogP contribution in [-0.4, -0.2) is 67.4 Å². The molecule has 2 amide bonds. The Hall–Kier alpha value is -2.93. The first-order chi connectivity index (χ1) is 14.4. The fourth-order valence-electron chi connectivity index (χ4n) is 3.86. The van der Waals surface area contributed by atoms with Gasteiger partial charge in [-0.1, -0.05) is 18.2 Å². The van der Waals surface area contributed by atoms with E-state index in [-0.39, 0.29) is 17.9 Å². The third-order valence-electron chi connectivity index (χ3n) is 5.49. The molecule has 30 heavy (non-hydrogen) atoms. The third-order valence-corrected chi connectivity index (χ3v) is 5.49. The van der Waals surface area contributed by atoms with Gasteiger partial charge in [0, 0.05) is 26.2 Å². The van der Waals surface area contributed by atoms with Crippen LogP contribution < -0.4 is 10.1 Å². The van der Waals surface area contributed by atoms with Crippen molar-refractivity contribution < 1.29 is 14.3 Å². The zero-order valence-corrected chi connectivity index (χ0v) is 18.1. The molecule has 1 aromatic heterocycles. The Morgan fingerprint density at radius 2 is 1.87 bits per heavy atom. The number of carbonyl (C=O) groups excluding carboxylic acids is 2. The molecule has 7 heteroatoms. The smallest absolute Gasteiger partial charge is 0.271 e. The Balaban J connectivity index is 1.77. The minimum atomic E-state index is -0.192. The molecule has 1 atom stereocenters. The van der Waals surface area contributed by atoms with Crippen LogP contribution in [0.2, 0.25) is 0 Å². The first-order valence-electron chi connectivity index (χ1n) is 10.3. The van der Waals surface area contributed by atoms with Crippen LogP contribution in [0.15, 0.2) is 36.4 Å². The van der Waals surface area contributed by atoms with Gasteiger partial charge in [0.05, 0.1) is 24.4 Å². The van der Waals surface area contributed by atoms with Gasteiger partial charge in [-0.05, 0) is 51.1 Å². The molecule has 0 radical (unpaired) electrons. The molecule has 7 nitrogen and oxygen atoms in total. The van der Waals surface area contributed by atoms with Crippen LogP contribution in [-0.2, 0) is 0 Å². The summed E-state index contributed by atoms with van der Waals surface area (Å²) in [5.74, 6) is 0.450. The predicted molar refractivity (Wildman–Crippen MR) is 116 cm³/mol. The summed E-state index contributed by atoms with van der Waals surface area (Å²) in [6.45, 7) is 4.22. The number of likely N-dealkylation sites (tertiary alicyclic amines) is 1. The molecule has 0 aliphatic carbocycles. The number of para-hydroxylation sites is 1. The molecule has 0 saturated carbocycles. The van der Waals surface area contributed by atoms with Crippen LogP contribution in [0.1, 0.15) is 51.0 Å². The van der Waals surface area contributed by atoms with E-state index < -0.39 is 0 Å². The summed E-state index contributed by atoms with van der Waals surface area (Å²) in [4.78, 5) is 33.2. The van der Waals surface area contributed by atoms with Gasteiger partial charge in [0.25, 0.3) is 11.8 Å². The number of nitrogens with one attached hydrogen (secondary N) is 1. The number of amides is 2. The molecule has 0 spiro atoms. The number of methoxy groups -OCH3 is 1. The average molecular weight is 411 g/mol. The van der Waals surface area contributed by atoms with Crippen molar-refractivity contribution in [3.63, 3.8) is 0 Å². The number of rotatable bonds is 7. The lowest BCUT2D eigenvalue weighted by Gasteiger charge is -2.29. The summed E-state index contributed by atoms with van der Waals surface area (Å²) in [6, 6.07) is 11.3. The summed E-state index contributed by atoms with van der Waals surface area (Å²) in [5.41, 5.74) is 2.42. The Morgan fingerprint density at radius 3 is 2.50 bits per heavy atom. The van der Waals surface area contributed by atoms with Crippen molar-refractivity contribution >= 4 is 11.8 Å². The zero-order valence-electron chi connectivity index (χ0n) is 18.1. The highest BCUT2D eigenvalue weighted by molar-refractivity contribution is 5.97. The number of ether oxygens (including phenoxy) is 1. The molecule has 2 aromatic rings. The number of aryl methyl sites for hydroxylation is 1. The monoisotopic (exact) mass is 410 g/mol. The molecule has 1 aliphatic heterocycles. The maximum Gasteiger partial charge on any atom is 0.271 e. The Bertz CT molecular complexity index is 907. The number of benzene rings is 1. The van der Waals surface area contributed by atoms with Gasteiger partial charge in [-0.15, -0.1) is 0 Å². The minimum absolute atomic E-state index is 0.0375. The van der Waals surface area contributed by atoms with E-state index in [0.29, 0.717) is 23.5 Å². The first-order valence-corrected chi connectivity index (χ1v) is 10.3. The molecule has 2 heterocycles. The van der Waals surface area contributed by atoms with Gasteiger partial charge in [0.2, 0.25) is 0 Å². The van der Waals surface area contributed by atoms with Crippen molar-refractivity contribution in [3.8, 4) is 5.75 Å². The van der Waals surface area contributed by atoms with Crippen molar-refractivity contribution in [2.75, 3.05) is 40.8 Å². The third kappa shape index (κ3) is 4.79. The number of aromatic nitrogens is 1. The lowest BCUT2D eigenvalue weighted by molar-refractivity contribution is 0.0820. The molecule has 1 aliphatic rings. The molecule has 1 aromatic carbocycles. The molecular formula is C23H30N4O3. The lowest BCUT2D eigenvalue weighted by atomic mass is 10.0. The molecule has 3 rings (SSSR count). The minimum Gasteiger partial charge on any atom is -0.496 e. The van der Waals surface area contributed by atoms with Crippen LogP contribution in [0.4, 0.5) is 0 Å². The Kier molecular flexibility index (Phi) is 7.05. The quantitative estimate of drug-likeness (QED) is 0.760. The zero-order chi connectivity index (χ0) is 21.7. The van der Waals surface area contributed by atoms with Crippen LogP contribution in [0.3, 0.4) is 0 Å². The van der Waals surface area contributed by atoms with E-state index in [4.69, 9.17) is 4.74 Å². The second kappa shape index (κ2) is 9.71. The van der Waals surface area contributed by atoms with Gasteiger partial charge in [0.1, 0.15) is 11.4 Å². The first kappa shape index (κ1) is 21.8. The van der Waals surface area contributed by atoms with Gasteiger partial charge in [-0.2, -0.15) is 0 Å². The van der Waals surface area contributed by atoms with Crippen molar-refractivity contribution in [1.82, 2.24) is 20.1 Å². The Labute approximate surface area is 178 Å². The maximum absolute atomic E-state index is 12.9. The van der Waals surface area contributed by atoms with E-state index in [9.17, 15) is 9.59 Å². The van der Waals surface area contributed by atoms with E-state index in [1.165, 1.54) is 4.90 Å².